The van der Waals surface area contributed by atoms with Crippen LogP contribution in [-0.4, -0.2) is 0 Å². The van der Waals surface area contributed by atoms with Crippen LogP contribution in [0.25, 0.3) is 76.5 Å². The van der Waals surface area contributed by atoms with Crippen LogP contribution in [0, 0.1) is 0 Å². The van der Waals surface area contributed by atoms with Crippen LogP contribution in [-0.2, 0) is 0 Å². The summed E-state index contributed by atoms with van der Waals surface area (Å²) in [6.07, 6.45) is 0. The fourth-order valence-corrected chi connectivity index (χ4v) is 5.43. The van der Waals surface area contributed by atoms with Gasteiger partial charge in [-0.05, 0) is 33.7 Å². The third kappa shape index (κ3) is 1.56. The molecular formula is C28H14O2. The molecule has 0 unspecified atom stereocenters. The van der Waals surface area contributed by atoms with E-state index in [9.17, 15) is 0 Å². The molecule has 8 rings (SSSR count). The second-order valence-electron chi connectivity index (χ2n) is 8.06. The van der Waals surface area contributed by atoms with Crippen LogP contribution in [0.3, 0.4) is 0 Å². The highest BCUT2D eigenvalue weighted by atomic mass is 16.3. The van der Waals surface area contributed by atoms with E-state index in [1.807, 2.05) is 0 Å². The van der Waals surface area contributed by atoms with Crippen LogP contribution in [0.4, 0.5) is 0 Å². The Kier molecular flexibility index (Phi) is 2.44. The molecule has 0 fully saturated rings. The molecule has 138 valence electrons. The molecule has 2 aliphatic rings. The number of rotatable bonds is 0. The first kappa shape index (κ1) is 14.9. The quantitative estimate of drug-likeness (QED) is 0.195. The summed E-state index contributed by atoms with van der Waals surface area (Å²) in [5, 5.41) is 9.36. The molecule has 0 saturated carbocycles. The zero-order chi connectivity index (χ0) is 19.4. The lowest BCUT2D eigenvalue weighted by Gasteiger charge is -2.22. The molecule has 2 heteroatoms. The SMILES string of the molecule is c1ccc2c(c1)c1oc3cccc4c5ccccc5c5oc6cccc2c6c1-c5c34. The van der Waals surface area contributed by atoms with Crippen LogP contribution >= 0.6 is 0 Å². The zero-order valence-electron chi connectivity index (χ0n) is 15.9. The molecule has 30 heavy (non-hydrogen) atoms. The van der Waals surface area contributed by atoms with E-state index in [-0.39, 0.29) is 0 Å². The predicted octanol–water partition coefficient (Wildman–Crippen LogP) is 8.33. The van der Waals surface area contributed by atoms with Gasteiger partial charge in [-0.1, -0.05) is 72.8 Å². The Bertz CT molecular complexity index is 1760. The molecule has 6 aromatic carbocycles. The van der Waals surface area contributed by atoms with E-state index in [1.165, 1.54) is 21.5 Å². The van der Waals surface area contributed by atoms with Gasteiger partial charge in [0.25, 0.3) is 0 Å². The molecule has 0 spiro atoms. The van der Waals surface area contributed by atoms with E-state index in [0.29, 0.717) is 0 Å². The maximum absolute atomic E-state index is 6.65. The molecule has 0 bridgehead atoms. The van der Waals surface area contributed by atoms with E-state index < -0.39 is 0 Å². The molecule has 2 nitrogen and oxygen atoms in total. The van der Waals surface area contributed by atoms with Crippen molar-refractivity contribution in [2.24, 2.45) is 0 Å². The Labute approximate surface area is 170 Å². The first-order valence-electron chi connectivity index (χ1n) is 10.2. The van der Waals surface area contributed by atoms with Gasteiger partial charge < -0.3 is 8.83 Å². The van der Waals surface area contributed by atoms with Gasteiger partial charge >= 0.3 is 0 Å². The molecular weight excluding hydrogens is 368 g/mol. The van der Waals surface area contributed by atoms with Gasteiger partial charge in [0.2, 0.25) is 0 Å². The number of fused-ring (bicyclic) bond motifs is 6. The maximum Gasteiger partial charge on any atom is 0.144 e. The van der Waals surface area contributed by atoms with Crippen molar-refractivity contribution in [1.29, 1.82) is 0 Å². The zero-order valence-corrected chi connectivity index (χ0v) is 15.9. The standard InChI is InChI=1S/C28H14O2/c1-3-9-19-15(7-1)17-11-5-13-21-23(17)25-26-24-18(12-6-14-22(24)29-27(19)25)16-8-2-4-10-20(16)28(26)30-21/h1-14H. The summed E-state index contributed by atoms with van der Waals surface area (Å²) in [4.78, 5) is 0. The maximum atomic E-state index is 6.65. The van der Waals surface area contributed by atoms with Gasteiger partial charge in [-0.3, -0.25) is 0 Å². The van der Waals surface area contributed by atoms with Crippen LogP contribution in [0.1, 0.15) is 0 Å². The van der Waals surface area contributed by atoms with E-state index >= 15 is 0 Å². The fourth-order valence-electron chi connectivity index (χ4n) is 5.43. The van der Waals surface area contributed by atoms with Crippen molar-refractivity contribution in [2.45, 2.75) is 0 Å². The summed E-state index contributed by atoms with van der Waals surface area (Å²) in [5.41, 5.74) is 5.99. The molecule has 0 saturated heterocycles. The van der Waals surface area contributed by atoms with Crippen molar-refractivity contribution >= 4 is 65.4 Å². The van der Waals surface area contributed by atoms with Gasteiger partial charge in [0, 0.05) is 32.7 Å². The molecule has 2 aliphatic heterocycles. The smallest absolute Gasteiger partial charge is 0.144 e. The van der Waals surface area contributed by atoms with Crippen LogP contribution < -0.4 is 0 Å². The van der Waals surface area contributed by atoms with E-state index in [2.05, 4.69) is 84.9 Å². The van der Waals surface area contributed by atoms with Gasteiger partial charge in [0.15, 0.2) is 0 Å². The average Bonchev–Trinajstić information content (AvgIpc) is 2.82. The highest BCUT2D eigenvalue weighted by Gasteiger charge is 2.28. The summed E-state index contributed by atoms with van der Waals surface area (Å²) in [5.74, 6) is 0. The summed E-state index contributed by atoms with van der Waals surface area (Å²) >= 11 is 0. The Morgan fingerprint density at radius 3 is 1.23 bits per heavy atom. The van der Waals surface area contributed by atoms with Crippen LogP contribution in [0.2, 0.25) is 0 Å². The van der Waals surface area contributed by atoms with Crippen LogP contribution in [0.15, 0.2) is 93.8 Å². The largest absolute Gasteiger partial charge is 0.455 e. The summed E-state index contributed by atoms with van der Waals surface area (Å²) in [7, 11) is 0. The molecule has 0 radical (unpaired) electrons. The van der Waals surface area contributed by atoms with Crippen molar-refractivity contribution in [3.05, 3.63) is 84.9 Å². The predicted molar refractivity (Wildman–Crippen MR) is 124 cm³/mol. The minimum Gasteiger partial charge on any atom is -0.455 e. The molecule has 0 amide bonds. The van der Waals surface area contributed by atoms with E-state index in [1.54, 1.807) is 0 Å². The van der Waals surface area contributed by atoms with E-state index in [0.717, 1.165) is 55.0 Å². The normalized spacial score (nSPS) is 12.7. The van der Waals surface area contributed by atoms with Gasteiger partial charge in [-0.2, -0.15) is 0 Å². The lowest BCUT2D eigenvalue weighted by Crippen LogP contribution is -1.96. The monoisotopic (exact) mass is 382 g/mol. The molecule has 2 heterocycles. The Balaban J connectivity index is 1.87. The Morgan fingerprint density at radius 2 is 0.767 bits per heavy atom. The first-order valence-corrected chi connectivity index (χ1v) is 10.2. The molecule has 0 aromatic heterocycles. The van der Waals surface area contributed by atoms with E-state index in [4.69, 9.17) is 8.83 Å². The summed E-state index contributed by atoms with van der Waals surface area (Å²) < 4.78 is 13.3. The van der Waals surface area contributed by atoms with Gasteiger partial charge in [0.05, 0.1) is 0 Å². The summed E-state index contributed by atoms with van der Waals surface area (Å²) in [6.45, 7) is 0. The Hall–Kier alpha value is -4.04. The van der Waals surface area contributed by atoms with Gasteiger partial charge in [-0.25, -0.2) is 0 Å². The average molecular weight is 382 g/mol. The number of hydrogen-bond donors (Lipinski definition) is 0. The third-order valence-electron chi connectivity index (χ3n) is 6.60. The highest BCUT2D eigenvalue weighted by molar-refractivity contribution is 6.35. The fraction of sp³-hybridized carbons (Fsp3) is 0. The molecule has 0 N–H and O–H groups in total. The minimum atomic E-state index is 0.898. The van der Waals surface area contributed by atoms with Crippen LogP contribution in [0.5, 0.6) is 0 Å². The van der Waals surface area contributed by atoms with Crippen molar-refractivity contribution < 1.29 is 8.83 Å². The van der Waals surface area contributed by atoms with Crippen molar-refractivity contribution in [3.63, 3.8) is 0 Å². The number of benzene rings is 6. The minimum absolute atomic E-state index is 0.898. The Morgan fingerprint density at radius 1 is 0.367 bits per heavy atom. The lowest BCUT2D eigenvalue weighted by molar-refractivity contribution is 0.651. The third-order valence-corrected chi connectivity index (χ3v) is 6.60. The number of hydrogen-bond acceptors (Lipinski definition) is 2. The van der Waals surface area contributed by atoms with Gasteiger partial charge in [0.1, 0.15) is 22.3 Å². The summed E-state index contributed by atoms with van der Waals surface area (Å²) in [6, 6.07) is 29.7. The van der Waals surface area contributed by atoms with Crippen molar-refractivity contribution in [3.8, 4) is 11.1 Å². The molecule has 6 aromatic rings. The van der Waals surface area contributed by atoms with Crippen molar-refractivity contribution in [1.82, 2.24) is 0 Å². The molecule has 0 aliphatic carbocycles. The lowest BCUT2D eigenvalue weighted by atomic mass is 9.85. The topological polar surface area (TPSA) is 26.3 Å². The first-order chi connectivity index (χ1) is 14.9. The second-order valence-corrected chi connectivity index (χ2v) is 8.06. The molecule has 0 atom stereocenters. The highest BCUT2D eigenvalue weighted by Crippen LogP contribution is 2.52. The second kappa shape index (κ2) is 4.92. The van der Waals surface area contributed by atoms with Gasteiger partial charge in [-0.15, -0.1) is 0 Å². The van der Waals surface area contributed by atoms with Crippen molar-refractivity contribution in [2.75, 3.05) is 0 Å².